The number of carbonyl (C=O) groups is 1. The van der Waals surface area contributed by atoms with E-state index < -0.39 is 17.5 Å². The third kappa shape index (κ3) is 3.08. The van der Waals surface area contributed by atoms with Gasteiger partial charge in [-0.15, -0.1) is 0 Å². The first-order valence-electron chi connectivity index (χ1n) is 7.25. The molecule has 120 valence electrons. The fraction of sp³-hybridized carbons (Fsp3) is 0.250. The summed E-state index contributed by atoms with van der Waals surface area (Å²) in [6.07, 6.45) is 1.52. The number of rotatable bonds is 2. The van der Waals surface area contributed by atoms with Gasteiger partial charge < -0.3 is 10.1 Å². The summed E-state index contributed by atoms with van der Waals surface area (Å²) >= 11 is 0. The lowest BCUT2D eigenvalue weighted by Gasteiger charge is -2.31. The van der Waals surface area contributed by atoms with Crippen LogP contribution in [-0.2, 0) is 0 Å². The summed E-state index contributed by atoms with van der Waals surface area (Å²) in [5.41, 5.74) is -0.254. The number of piperazine rings is 1. The van der Waals surface area contributed by atoms with Gasteiger partial charge in [0.25, 0.3) is 5.91 Å². The van der Waals surface area contributed by atoms with Crippen molar-refractivity contribution in [1.29, 1.82) is 0 Å². The van der Waals surface area contributed by atoms with E-state index in [0.29, 0.717) is 32.0 Å². The molecule has 0 radical (unpaired) electrons. The Bertz CT molecular complexity index is 731. The lowest BCUT2D eigenvalue weighted by atomic mass is 10.1. The van der Waals surface area contributed by atoms with Crippen molar-refractivity contribution >= 4 is 11.7 Å². The minimum absolute atomic E-state index is 0.254. The number of nitrogens with zero attached hydrogens (tertiary/aromatic N) is 3. The van der Waals surface area contributed by atoms with Gasteiger partial charge in [-0.1, -0.05) is 10.8 Å². The Morgan fingerprint density at radius 3 is 2.52 bits per heavy atom. The van der Waals surface area contributed by atoms with Crippen molar-refractivity contribution in [1.82, 2.24) is 4.90 Å². The summed E-state index contributed by atoms with van der Waals surface area (Å²) in [4.78, 5) is 15.7. The summed E-state index contributed by atoms with van der Waals surface area (Å²) in [7, 11) is 0. The van der Waals surface area contributed by atoms with Crippen LogP contribution in [0.2, 0.25) is 0 Å². The highest BCUT2D eigenvalue weighted by atomic mass is 19.1. The second-order valence-corrected chi connectivity index (χ2v) is 5.31. The highest BCUT2D eigenvalue weighted by molar-refractivity contribution is 5.94. The Kier molecular flexibility index (Phi) is 4.10. The van der Waals surface area contributed by atoms with Crippen LogP contribution in [0.5, 0.6) is 0 Å². The molecule has 0 atom stereocenters. The maximum absolute atomic E-state index is 13.7. The zero-order valence-electron chi connectivity index (χ0n) is 12.3. The molecule has 3 rings (SSSR count). The standard InChI is InChI=1S/C16H16F2N3O2/c17-12-4-5-14(18)13(11-12)16(22)20-9-7-19(8-10-20)15-3-1-2-6-21(15)23/h1-6,11,23H,7-10H2/q+1. The summed E-state index contributed by atoms with van der Waals surface area (Å²) < 4.78 is 28.0. The topological polar surface area (TPSA) is 47.7 Å². The van der Waals surface area contributed by atoms with E-state index in [0.717, 1.165) is 22.9 Å². The average Bonchev–Trinajstić information content (AvgIpc) is 2.57. The van der Waals surface area contributed by atoms with Gasteiger partial charge in [-0.25, -0.2) is 8.78 Å². The van der Waals surface area contributed by atoms with E-state index in [1.54, 1.807) is 12.1 Å². The minimum Gasteiger partial charge on any atom is -0.350 e. The lowest BCUT2D eigenvalue weighted by molar-refractivity contribution is -0.894. The summed E-state index contributed by atoms with van der Waals surface area (Å²) in [5.74, 6) is -1.27. The molecule has 1 aliphatic rings. The van der Waals surface area contributed by atoms with Gasteiger partial charge in [0.2, 0.25) is 0 Å². The summed E-state index contributed by atoms with van der Waals surface area (Å²) in [5, 5.41) is 9.79. The fourth-order valence-electron chi connectivity index (χ4n) is 2.65. The van der Waals surface area contributed by atoms with E-state index in [1.807, 2.05) is 11.0 Å². The Hall–Kier alpha value is -2.70. The molecule has 23 heavy (non-hydrogen) atoms. The number of benzene rings is 1. The molecule has 1 aliphatic heterocycles. The first-order chi connectivity index (χ1) is 11.1. The Labute approximate surface area is 131 Å². The molecule has 1 amide bonds. The monoisotopic (exact) mass is 320 g/mol. The molecule has 0 spiro atoms. The molecule has 2 aromatic rings. The second-order valence-electron chi connectivity index (χ2n) is 5.31. The second kappa shape index (κ2) is 6.20. The number of hydrogen-bond acceptors (Lipinski definition) is 3. The van der Waals surface area contributed by atoms with Crippen LogP contribution < -0.4 is 9.63 Å². The van der Waals surface area contributed by atoms with Gasteiger partial charge in [-0.2, -0.15) is 0 Å². The molecule has 0 unspecified atom stereocenters. The number of anilines is 1. The number of pyridine rings is 1. The first-order valence-corrected chi connectivity index (χ1v) is 7.25. The van der Waals surface area contributed by atoms with Crippen LogP contribution in [-0.4, -0.2) is 42.2 Å². The lowest BCUT2D eigenvalue weighted by Crippen LogP contribution is -2.52. The number of aromatic nitrogens is 1. The number of amides is 1. The quantitative estimate of drug-likeness (QED) is 0.673. The van der Waals surface area contributed by atoms with Gasteiger partial charge in [0.05, 0.1) is 18.7 Å². The zero-order chi connectivity index (χ0) is 16.4. The van der Waals surface area contributed by atoms with Crippen LogP contribution >= 0.6 is 0 Å². The molecule has 0 saturated carbocycles. The van der Waals surface area contributed by atoms with E-state index in [4.69, 9.17) is 0 Å². The van der Waals surface area contributed by atoms with E-state index in [1.165, 1.54) is 11.1 Å². The van der Waals surface area contributed by atoms with Crippen molar-refractivity contribution in [2.24, 2.45) is 0 Å². The van der Waals surface area contributed by atoms with Crippen molar-refractivity contribution in [3.8, 4) is 0 Å². The van der Waals surface area contributed by atoms with Crippen LogP contribution in [0.3, 0.4) is 0 Å². The number of carbonyl (C=O) groups excluding carboxylic acids is 1. The summed E-state index contributed by atoms with van der Waals surface area (Å²) in [6, 6.07) is 8.14. The molecule has 1 N–H and O–H groups in total. The van der Waals surface area contributed by atoms with Gasteiger partial charge in [0.1, 0.15) is 30.9 Å². The van der Waals surface area contributed by atoms with Crippen molar-refractivity contribution in [3.63, 3.8) is 0 Å². The molecule has 1 fully saturated rings. The maximum Gasteiger partial charge on any atom is 0.316 e. The molecule has 1 aromatic carbocycles. The highest BCUT2D eigenvalue weighted by Crippen LogP contribution is 2.16. The van der Waals surface area contributed by atoms with E-state index in [2.05, 4.69) is 0 Å². The van der Waals surface area contributed by atoms with Crippen molar-refractivity contribution in [3.05, 3.63) is 59.8 Å². The van der Waals surface area contributed by atoms with Crippen LogP contribution in [0.1, 0.15) is 10.4 Å². The van der Waals surface area contributed by atoms with Crippen molar-refractivity contribution < 1.29 is 23.5 Å². The van der Waals surface area contributed by atoms with Crippen molar-refractivity contribution in [2.45, 2.75) is 0 Å². The molecule has 5 nitrogen and oxygen atoms in total. The third-order valence-electron chi connectivity index (χ3n) is 3.87. The third-order valence-corrected chi connectivity index (χ3v) is 3.87. The SMILES string of the molecule is O=C(c1cc(F)ccc1F)N1CCN(c2cccc[n+]2O)CC1. The molecular weight excluding hydrogens is 304 g/mol. The van der Waals surface area contributed by atoms with Crippen LogP contribution in [0.4, 0.5) is 14.6 Å². The fourth-order valence-corrected chi connectivity index (χ4v) is 2.65. The number of halogens is 2. The minimum atomic E-state index is -0.727. The largest absolute Gasteiger partial charge is 0.350 e. The van der Waals surface area contributed by atoms with E-state index in [-0.39, 0.29) is 5.56 Å². The molecule has 1 saturated heterocycles. The van der Waals surface area contributed by atoms with E-state index in [9.17, 15) is 18.8 Å². The van der Waals surface area contributed by atoms with Gasteiger partial charge in [0, 0.05) is 6.07 Å². The molecule has 7 heteroatoms. The van der Waals surface area contributed by atoms with Gasteiger partial charge in [0.15, 0.2) is 0 Å². The van der Waals surface area contributed by atoms with Gasteiger partial charge in [-0.3, -0.25) is 9.69 Å². The van der Waals surface area contributed by atoms with Gasteiger partial charge >= 0.3 is 5.82 Å². The highest BCUT2D eigenvalue weighted by Gasteiger charge is 2.29. The summed E-state index contributed by atoms with van der Waals surface area (Å²) in [6.45, 7) is 1.72. The molecule has 0 bridgehead atoms. The smallest absolute Gasteiger partial charge is 0.316 e. The maximum atomic E-state index is 13.7. The molecule has 0 aliphatic carbocycles. The van der Waals surface area contributed by atoms with Gasteiger partial charge in [-0.05, 0) is 24.3 Å². The predicted molar refractivity (Wildman–Crippen MR) is 78.3 cm³/mol. The Balaban J connectivity index is 1.70. The Morgan fingerprint density at radius 2 is 1.83 bits per heavy atom. The molecule has 2 heterocycles. The normalized spacial score (nSPS) is 14.9. The predicted octanol–water partition coefficient (Wildman–Crippen LogP) is 1.45. The van der Waals surface area contributed by atoms with Crippen LogP contribution in [0.15, 0.2) is 42.6 Å². The van der Waals surface area contributed by atoms with Crippen LogP contribution in [0, 0.1) is 11.6 Å². The zero-order valence-corrected chi connectivity index (χ0v) is 12.3. The molecule has 1 aromatic heterocycles. The van der Waals surface area contributed by atoms with Crippen molar-refractivity contribution in [2.75, 3.05) is 31.1 Å². The average molecular weight is 320 g/mol. The first kappa shape index (κ1) is 15.2. The van der Waals surface area contributed by atoms with Crippen LogP contribution in [0.25, 0.3) is 0 Å². The Morgan fingerprint density at radius 1 is 1.09 bits per heavy atom. The molecular formula is C16H16F2N3O2+. The van der Waals surface area contributed by atoms with E-state index >= 15 is 0 Å². The number of hydrogen-bond donors (Lipinski definition) is 1.